The zero-order valence-electron chi connectivity index (χ0n) is 8.19. The fourth-order valence-corrected chi connectivity index (χ4v) is 1.56. The van der Waals surface area contributed by atoms with E-state index in [4.69, 9.17) is 10.8 Å². The first kappa shape index (κ1) is 9.67. The van der Waals surface area contributed by atoms with Crippen LogP contribution in [-0.2, 0) is 4.79 Å². The molecule has 15 heavy (non-hydrogen) atoms. The minimum absolute atomic E-state index is 0.446. The van der Waals surface area contributed by atoms with Gasteiger partial charge >= 0.3 is 5.97 Å². The summed E-state index contributed by atoms with van der Waals surface area (Å²) in [5.74, 6) is -1.07. The maximum Gasteiger partial charge on any atom is 0.326 e. The van der Waals surface area contributed by atoms with E-state index in [0.717, 1.165) is 16.5 Å². The Hall–Kier alpha value is -1.88. The van der Waals surface area contributed by atoms with Gasteiger partial charge in [-0.25, -0.2) is 0 Å². The Morgan fingerprint density at radius 2 is 2.33 bits per heavy atom. The van der Waals surface area contributed by atoms with Crippen LogP contribution in [0.25, 0.3) is 10.9 Å². The van der Waals surface area contributed by atoms with Gasteiger partial charge < -0.3 is 10.8 Å². The molecule has 2 aromatic rings. The van der Waals surface area contributed by atoms with Crippen molar-refractivity contribution in [3.63, 3.8) is 0 Å². The summed E-state index contributed by atoms with van der Waals surface area (Å²) in [5, 5.41) is 16.3. The minimum atomic E-state index is -1.07. The molecule has 1 atom stereocenters. The lowest BCUT2D eigenvalue weighted by atomic mass is 10.1. The van der Waals surface area contributed by atoms with Gasteiger partial charge in [-0.15, -0.1) is 0 Å². The number of hydrogen-bond donors (Lipinski definition) is 3. The average molecular weight is 205 g/mol. The molecular weight excluding hydrogens is 194 g/mol. The molecule has 0 spiro atoms. The number of rotatable bonds is 2. The third-order valence-electron chi connectivity index (χ3n) is 2.39. The van der Waals surface area contributed by atoms with E-state index in [2.05, 4.69) is 10.2 Å². The number of hydrogen-bond acceptors (Lipinski definition) is 3. The molecule has 5 heteroatoms. The van der Waals surface area contributed by atoms with E-state index in [0.29, 0.717) is 5.69 Å². The van der Waals surface area contributed by atoms with Crippen LogP contribution in [-0.4, -0.2) is 21.3 Å². The van der Waals surface area contributed by atoms with Crippen LogP contribution in [0.4, 0.5) is 0 Å². The van der Waals surface area contributed by atoms with Gasteiger partial charge in [-0.1, -0.05) is 18.2 Å². The Bertz CT molecular complexity index is 518. The van der Waals surface area contributed by atoms with E-state index < -0.39 is 12.0 Å². The summed E-state index contributed by atoms with van der Waals surface area (Å²) in [6.45, 7) is 1.92. The summed E-state index contributed by atoms with van der Waals surface area (Å²) in [7, 11) is 0. The second-order valence-electron chi connectivity index (χ2n) is 3.42. The van der Waals surface area contributed by atoms with Crippen molar-refractivity contribution in [1.29, 1.82) is 0 Å². The highest BCUT2D eigenvalue weighted by molar-refractivity contribution is 5.88. The minimum Gasteiger partial charge on any atom is -0.480 e. The molecule has 0 bridgehead atoms. The van der Waals surface area contributed by atoms with Crippen LogP contribution < -0.4 is 5.73 Å². The molecular formula is C10H11N3O2. The normalized spacial score (nSPS) is 12.9. The fourth-order valence-electron chi connectivity index (χ4n) is 1.56. The van der Waals surface area contributed by atoms with Gasteiger partial charge in [-0.3, -0.25) is 9.89 Å². The van der Waals surface area contributed by atoms with Crippen LogP contribution >= 0.6 is 0 Å². The van der Waals surface area contributed by atoms with Crippen molar-refractivity contribution in [1.82, 2.24) is 10.2 Å². The molecule has 2 rings (SSSR count). The first-order valence-corrected chi connectivity index (χ1v) is 4.53. The summed E-state index contributed by atoms with van der Waals surface area (Å²) in [4.78, 5) is 10.8. The summed E-state index contributed by atoms with van der Waals surface area (Å²) in [6, 6.07) is 4.52. The maximum absolute atomic E-state index is 10.8. The van der Waals surface area contributed by atoms with Gasteiger partial charge in [0.05, 0.1) is 11.2 Å². The number of aromatic nitrogens is 2. The third kappa shape index (κ3) is 1.46. The van der Waals surface area contributed by atoms with Gasteiger partial charge in [0.2, 0.25) is 0 Å². The van der Waals surface area contributed by atoms with Crippen molar-refractivity contribution in [3.05, 3.63) is 29.5 Å². The van der Waals surface area contributed by atoms with Crippen LogP contribution in [0.5, 0.6) is 0 Å². The van der Waals surface area contributed by atoms with Crippen molar-refractivity contribution in [3.8, 4) is 0 Å². The van der Waals surface area contributed by atoms with Gasteiger partial charge in [-0.05, 0) is 12.5 Å². The number of aryl methyl sites for hydroxylation is 1. The molecule has 0 radical (unpaired) electrons. The summed E-state index contributed by atoms with van der Waals surface area (Å²) < 4.78 is 0. The molecule has 0 aliphatic heterocycles. The molecule has 1 aromatic heterocycles. The Labute approximate surface area is 85.9 Å². The zero-order chi connectivity index (χ0) is 11.0. The Morgan fingerprint density at radius 1 is 1.60 bits per heavy atom. The van der Waals surface area contributed by atoms with E-state index in [1.807, 2.05) is 25.1 Å². The SMILES string of the molecule is Cc1cccc2c(C(N)C(=O)O)[nH]nc12. The van der Waals surface area contributed by atoms with Crippen LogP contribution in [0.1, 0.15) is 17.3 Å². The number of carbonyl (C=O) groups is 1. The Balaban J connectivity index is 2.64. The molecule has 0 saturated heterocycles. The lowest BCUT2D eigenvalue weighted by Crippen LogP contribution is -2.21. The topological polar surface area (TPSA) is 92.0 Å². The van der Waals surface area contributed by atoms with Gasteiger partial charge in [0.1, 0.15) is 6.04 Å². The van der Waals surface area contributed by atoms with Gasteiger partial charge in [-0.2, -0.15) is 5.10 Å². The molecule has 1 heterocycles. The number of aromatic amines is 1. The van der Waals surface area contributed by atoms with Crippen LogP contribution in [0.2, 0.25) is 0 Å². The van der Waals surface area contributed by atoms with E-state index in [1.54, 1.807) is 0 Å². The molecule has 78 valence electrons. The van der Waals surface area contributed by atoms with Gasteiger partial charge in [0.25, 0.3) is 0 Å². The van der Waals surface area contributed by atoms with E-state index in [-0.39, 0.29) is 0 Å². The maximum atomic E-state index is 10.8. The molecule has 0 aliphatic carbocycles. The second kappa shape index (κ2) is 3.36. The number of para-hydroxylation sites is 1. The van der Waals surface area contributed by atoms with Crippen LogP contribution in [0, 0.1) is 6.92 Å². The highest BCUT2D eigenvalue weighted by atomic mass is 16.4. The Kier molecular flexibility index (Phi) is 2.17. The van der Waals surface area contributed by atoms with Gasteiger partial charge in [0, 0.05) is 5.39 Å². The largest absolute Gasteiger partial charge is 0.480 e. The molecule has 4 N–H and O–H groups in total. The first-order valence-electron chi connectivity index (χ1n) is 4.53. The molecule has 1 unspecified atom stereocenters. The molecule has 5 nitrogen and oxygen atoms in total. The predicted octanol–water partition coefficient (Wildman–Crippen LogP) is 0.956. The number of nitrogens with zero attached hydrogens (tertiary/aromatic N) is 1. The van der Waals surface area contributed by atoms with Crippen molar-refractivity contribution in [2.75, 3.05) is 0 Å². The number of fused-ring (bicyclic) bond motifs is 1. The quantitative estimate of drug-likeness (QED) is 0.680. The van der Waals surface area contributed by atoms with E-state index in [1.165, 1.54) is 0 Å². The lowest BCUT2D eigenvalue weighted by molar-refractivity contribution is -0.138. The number of benzene rings is 1. The van der Waals surface area contributed by atoms with E-state index in [9.17, 15) is 4.79 Å². The standard InChI is InChI=1S/C10H11N3O2/c1-5-3-2-4-6-8(5)12-13-9(6)7(11)10(14)15/h2-4,7H,11H2,1H3,(H,12,13)(H,14,15). The number of carboxylic acid groups (broad SMARTS) is 1. The molecule has 1 aromatic carbocycles. The summed E-state index contributed by atoms with van der Waals surface area (Å²) in [6.07, 6.45) is 0. The highest BCUT2D eigenvalue weighted by Crippen LogP contribution is 2.22. The molecule has 0 aliphatic rings. The smallest absolute Gasteiger partial charge is 0.326 e. The van der Waals surface area contributed by atoms with Crippen molar-refractivity contribution in [2.24, 2.45) is 5.73 Å². The average Bonchev–Trinajstić information content (AvgIpc) is 2.61. The van der Waals surface area contributed by atoms with Gasteiger partial charge in [0.15, 0.2) is 0 Å². The van der Waals surface area contributed by atoms with Crippen LogP contribution in [0.15, 0.2) is 18.2 Å². The second-order valence-corrected chi connectivity index (χ2v) is 3.42. The predicted molar refractivity (Wildman–Crippen MR) is 55.4 cm³/mol. The monoisotopic (exact) mass is 205 g/mol. The summed E-state index contributed by atoms with van der Waals surface area (Å²) >= 11 is 0. The van der Waals surface area contributed by atoms with Crippen LogP contribution in [0.3, 0.4) is 0 Å². The third-order valence-corrected chi connectivity index (χ3v) is 2.39. The first-order chi connectivity index (χ1) is 7.11. The number of carboxylic acids is 1. The lowest BCUT2D eigenvalue weighted by Gasteiger charge is -2.03. The molecule has 0 saturated carbocycles. The van der Waals surface area contributed by atoms with Crippen molar-refractivity contribution in [2.45, 2.75) is 13.0 Å². The fraction of sp³-hybridized carbons (Fsp3) is 0.200. The number of nitrogens with one attached hydrogen (secondary N) is 1. The molecule has 0 fully saturated rings. The van der Waals surface area contributed by atoms with E-state index >= 15 is 0 Å². The number of aliphatic carboxylic acids is 1. The van der Waals surface area contributed by atoms with Crippen molar-refractivity contribution < 1.29 is 9.90 Å². The zero-order valence-corrected chi connectivity index (χ0v) is 8.19. The summed E-state index contributed by atoms with van der Waals surface area (Å²) in [5.41, 5.74) is 7.73. The highest BCUT2D eigenvalue weighted by Gasteiger charge is 2.19. The molecule has 0 amide bonds. The Morgan fingerprint density at radius 3 is 3.00 bits per heavy atom. The van der Waals surface area contributed by atoms with Crippen molar-refractivity contribution >= 4 is 16.9 Å². The number of nitrogens with two attached hydrogens (primary N) is 1. The number of H-pyrrole nitrogens is 1.